The van der Waals surface area contributed by atoms with Gasteiger partial charge in [-0.05, 0) is 25.2 Å². The summed E-state index contributed by atoms with van der Waals surface area (Å²) in [6.45, 7) is 8.14. The fourth-order valence-electron chi connectivity index (χ4n) is 1.52. The van der Waals surface area contributed by atoms with E-state index in [0.29, 0.717) is 0 Å². The van der Waals surface area contributed by atoms with Gasteiger partial charge in [0.2, 0.25) is 0 Å². The third kappa shape index (κ3) is 4.11. The maximum atomic E-state index is 5.66. The minimum Gasteiger partial charge on any atom is -0.497 e. The lowest BCUT2D eigenvalue weighted by atomic mass is 10.3. The van der Waals surface area contributed by atoms with Gasteiger partial charge in [0, 0.05) is 12.6 Å². The molecule has 3 nitrogen and oxygen atoms in total. The summed E-state index contributed by atoms with van der Waals surface area (Å²) in [6.07, 6.45) is 0. The molecule has 1 rings (SSSR count). The monoisotopic (exact) mass is 223 g/mol. The molecule has 0 bridgehead atoms. The number of likely N-dealkylation sites (N-methyl/N-ethyl adjacent to an activating group) is 1. The predicted octanol–water partition coefficient (Wildman–Crippen LogP) is 2.42. The molecule has 0 spiro atoms. The standard InChI is InChI=1S/C13H21NO2/c1-4-14(5-2)9-10-16-13-8-6-7-12(11-13)15-3/h6-8,11H,4-5,9-10H2,1-3H3. The second-order valence-electron chi connectivity index (χ2n) is 3.55. The summed E-state index contributed by atoms with van der Waals surface area (Å²) in [5, 5.41) is 0. The second kappa shape index (κ2) is 7.12. The van der Waals surface area contributed by atoms with Crippen LogP contribution >= 0.6 is 0 Å². The zero-order chi connectivity index (χ0) is 11.8. The third-order valence-electron chi connectivity index (χ3n) is 2.61. The predicted molar refractivity (Wildman–Crippen MR) is 66.3 cm³/mol. The van der Waals surface area contributed by atoms with Crippen molar-refractivity contribution < 1.29 is 9.47 Å². The van der Waals surface area contributed by atoms with E-state index in [9.17, 15) is 0 Å². The van der Waals surface area contributed by atoms with E-state index in [-0.39, 0.29) is 0 Å². The summed E-state index contributed by atoms with van der Waals surface area (Å²) in [4.78, 5) is 2.33. The van der Waals surface area contributed by atoms with Crippen molar-refractivity contribution in [2.45, 2.75) is 13.8 Å². The normalized spacial score (nSPS) is 10.5. The lowest BCUT2D eigenvalue weighted by Crippen LogP contribution is -2.27. The first kappa shape index (κ1) is 12.8. The Morgan fingerprint density at radius 1 is 1.12 bits per heavy atom. The number of ether oxygens (including phenoxy) is 2. The Hall–Kier alpha value is -1.22. The average Bonchev–Trinajstić information content (AvgIpc) is 2.35. The number of hydrogen-bond donors (Lipinski definition) is 0. The van der Waals surface area contributed by atoms with Crippen LogP contribution in [-0.2, 0) is 0 Å². The molecular weight excluding hydrogens is 202 g/mol. The van der Waals surface area contributed by atoms with Crippen molar-refractivity contribution in [2.75, 3.05) is 33.4 Å². The van der Waals surface area contributed by atoms with Crippen LogP contribution in [0.5, 0.6) is 11.5 Å². The second-order valence-corrected chi connectivity index (χ2v) is 3.55. The minimum atomic E-state index is 0.717. The van der Waals surface area contributed by atoms with Crippen molar-refractivity contribution in [3.63, 3.8) is 0 Å². The van der Waals surface area contributed by atoms with E-state index in [2.05, 4.69) is 18.7 Å². The molecule has 0 heterocycles. The maximum Gasteiger partial charge on any atom is 0.123 e. The molecule has 0 atom stereocenters. The van der Waals surface area contributed by atoms with Gasteiger partial charge in [-0.1, -0.05) is 19.9 Å². The molecular formula is C13H21NO2. The SMILES string of the molecule is CCN(CC)CCOc1cccc(OC)c1. The molecule has 0 saturated heterocycles. The van der Waals surface area contributed by atoms with Gasteiger partial charge in [0.05, 0.1) is 7.11 Å². The number of benzene rings is 1. The van der Waals surface area contributed by atoms with Crippen molar-refractivity contribution in [2.24, 2.45) is 0 Å². The molecule has 0 radical (unpaired) electrons. The van der Waals surface area contributed by atoms with Crippen molar-refractivity contribution in [1.29, 1.82) is 0 Å². The van der Waals surface area contributed by atoms with Crippen LogP contribution in [-0.4, -0.2) is 38.3 Å². The Balaban J connectivity index is 2.36. The van der Waals surface area contributed by atoms with Gasteiger partial charge >= 0.3 is 0 Å². The van der Waals surface area contributed by atoms with Crippen molar-refractivity contribution in [3.8, 4) is 11.5 Å². The van der Waals surface area contributed by atoms with Gasteiger partial charge in [0.15, 0.2) is 0 Å². The molecule has 16 heavy (non-hydrogen) atoms. The molecule has 0 N–H and O–H groups in total. The number of rotatable bonds is 7. The highest BCUT2D eigenvalue weighted by Gasteiger charge is 2.00. The van der Waals surface area contributed by atoms with Crippen LogP contribution in [0.1, 0.15) is 13.8 Å². The van der Waals surface area contributed by atoms with Crippen LogP contribution < -0.4 is 9.47 Å². The van der Waals surface area contributed by atoms with Gasteiger partial charge < -0.3 is 14.4 Å². The lowest BCUT2D eigenvalue weighted by molar-refractivity contribution is 0.222. The van der Waals surface area contributed by atoms with Crippen molar-refractivity contribution >= 4 is 0 Å². The van der Waals surface area contributed by atoms with Gasteiger partial charge in [-0.25, -0.2) is 0 Å². The number of hydrogen-bond acceptors (Lipinski definition) is 3. The van der Waals surface area contributed by atoms with Gasteiger partial charge in [0.25, 0.3) is 0 Å². The first-order valence-corrected chi connectivity index (χ1v) is 5.79. The molecule has 1 aromatic rings. The molecule has 0 aromatic heterocycles. The lowest BCUT2D eigenvalue weighted by Gasteiger charge is -2.18. The quantitative estimate of drug-likeness (QED) is 0.708. The summed E-state index contributed by atoms with van der Waals surface area (Å²) in [5.41, 5.74) is 0. The molecule has 0 aliphatic rings. The fourth-order valence-corrected chi connectivity index (χ4v) is 1.52. The van der Waals surface area contributed by atoms with E-state index in [4.69, 9.17) is 9.47 Å². The summed E-state index contributed by atoms with van der Waals surface area (Å²) in [5.74, 6) is 1.70. The van der Waals surface area contributed by atoms with Crippen LogP contribution in [0.4, 0.5) is 0 Å². The van der Waals surface area contributed by atoms with Crippen molar-refractivity contribution in [3.05, 3.63) is 24.3 Å². The highest BCUT2D eigenvalue weighted by molar-refractivity contribution is 5.32. The molecule has 90 valence electrons. The fraction of sp³-hybridized carbons (Fsp3) is 0.538. The third-order valence-corrected chi connectivity index (χ3v) is 2.61. The van der Waals surface area contributed by atoms with Crippen LogP contribution in [0.2, 0.25) is 0 Å². The Kier molecular flexibility index (Phi) is 5.72. The van der Waals surface area contributed by atoms with Crippen LogP contribution in [0.15, 0.2) is 24.3 Å². The van der Waals surface area contributed by atoms with Gasteiger partial charge in [-0.15, -0.1) is 0 Å². The van der Waals surface area contributed by atoms with E-state index < -0.39 is 0 Å². The highest BCUT2D eigenvalue weighted by atomic mass is 16.5. The Morgan fingerprint density at radius 2 is 1.81 bits per heavy atom. The molecule has 3 heteroatoms. The molecule has 0 saturated carbocycles. The van der Waals surface area contributed by atoms with E-state index in [0.717, 1.165) is 37.7 Å². The van der Waals surface area contributed by atoms with Gasteiger partial charge in [-0.2, -0.15) is 0 Å². The Morgan fingerprint density at radius 3 is 2.44 bits per heavy atom. The van der Waals surface area contributed by atoms with Gasteiger partial charge in [0.1, 0.15) is 18.1 Å². The number of nitrogens with zero attached hydrogens (tertiary/aromatic N) is 1. The first-order chi connectivity index (χ1) is 7.80. The topological polar surface area (TPSA) is 21.7 Å². The van der Waals surface area contributed by atoms with E-state index >= 15 is 0 Å². The van der Waals surface area contributed by atoms with E-state index in [1.807, 2.05) is 24.3 Å². The number of methoxy groups -OCH3 is 1. The molecule has 0 aliphatic carbocycles. The summed E-state index contributed by atoms with van der Waals surface area (Å²) < 4.78 is 10.8. The van der Waals surface area contributed by atoms with Crippen molar-refractivity contribution in [1.82, 2.24) is 4.90 Å². The summed E-state index contributed by atoms with van der Waals surface area (Å²) >= 11 is 0. The van der Waals surface area contributed by atoms with E-state index in [1.54, 1.807) is 7.11 Å². The van der Waals surface area contributed by atoms with Crippen LogP contribution in [0, 0.1) is 0 Å². The first-order valence-electron chi connectivity index (χ1n) is 5.79. The Bertz CT molecular complexity index is 298. The minimum absolute atomic E-state index is 0.717. The summed E-state index contributed by atoms with van der Waals surface area (Å²) in [7, 11) is 1.66. The zero-order valence-electron chi connectivity index (χ0n) is 10.4. The molecule has 0 amide bonds. The largest absolute Gasteiger partial charge is 0.497 e. The molecule has 0 fully saturated rings. The zero-order valence-corrected chi connectivity index (χ0v) is 10.4. The summed E-state index contributed by atoms with van der Waals surface area (Å²) in [6, 6.07) is 7.70. The molecule has 0 aliphatic heterocycles. The highest BCUT2D eigenvalue weighted by Crippen LogP contribution is 2.18. The maximum absolute atomic E-state index is 5.66. The van der Waals surface area contributed by atoms with Crippen LogP contribution in [0.3, 0.4) is 0 Å². The Labute approximate surface area is 98.0 Å². The smallest absolute Gasteiger partial charge is 0.123 e. The average molecular weight is 223 g/mol. The molecule has 1 aromatic carbocycles. The van der Waals surface area contributed by atoms with Crippen LogP contribution in [0.25, 0.3) is 0 Å². The molecule has 0 unspecified atom stereocenters. The van der Waals surface area contributed by atoms with E-state index in [1.165, 1.54) is 0 Å². The van der Waals surface area contributed by atoms with Gasteiger partial charge in [-0.3, -0.25) is 0 Å².